The molecule has 1 aromatic rings. The minimum atomic E-state index is -3.20. The normalized spacial score (nSPS) is 11.4. The lowest BCUT2D eigenvalue weighted by atomic mass is 9.76. The monoisotopic (exact) mass is 243 g/mol. The summed E-state index contributed by atoms with van der Waals surface area (Å²) in [5.74, 6) is 0. The first-order chi connectivity index (χ1) is 7.40. The third kappa shape index (κ3) is 4.32. The van der Waals surface area contributed by atoms with Crippen LogP contribution in [0.1, 0.15) is 5.56 Å². The predicted octanol–water partition coefficient (Wildman–Crippen LogP) is -1.54. The number of hydrogen-bond acceptors (Lipinski definition) is 4. The van der Waals surface area contributed by atoms with Crippen LogP contribution in [0.5, 0.6) is 0 Å². The number of rotatable bonds is 5. The van der Waals surface area contributed by atoms with Gasteiger partial charge >= 0.3 is 7.12 Å². The Balaban J connectivity index is 2.67. The van der Waals surface area contributed by atoms with Crippen molar-refractivity contribution >= 4 is 22.6 Å². The lowest BCUT2D eigenvalue weighted by Gasteiger charge is -2.08. The van der Waals surface area contributed by atoms with E-state index in [9.17, 15) is 8.42 Å². The number of hydrogen-bond donors (Lipinski definition) is 3. The van der Waals surface area contributed by atoms with Crippen molar-refractivity contribution in [1.82, 2.24) is 4.72 Å². The van der Waals surface area contributed by atoms with Gasteiger partial charge in [0, 0.05) is 6.54 Å². The van der Waals surface area contributed by atoms with Gasteiger partial charge < -0.3 is 10.0 Å². The van der Waals surface area contributed by atoms with E-state index >= 15 is 0 Å². The van der Waals surface area contributed by atoms with Crippen LogP contribution in [0.4, 0.5) is 0 Å². The van der Waals surface area contributed by atoms with Crippen LogP contribution in [0.15, 0.2) is 24.3 Å². The van der Waals surface area contributed by atoms with Gasteiger partial charge in [-0.1, -0.05) is 24.3 Å². The minimum Gasteiger partial charge on any atom is -0.423 e. The van der Waals surface area contributed by atoms with Gasteiger partial charge in [0.05, 0.1) is 6.26 Å². The Hall–Kier alpha value is -0.885. The highest BCUT2D eigenvalue weighted by Crippen LogP contribution is 1.98. The van der Waals surface area contributed by atoms with E-state index in [0.29, 0.717) is 17.4 Å². The molecule has 0 saturated heterocycles. The minimum absolute atomic E-state index is 0.239. The van der Waals surface area contributed by atoms with Crippen LogP contribution < -0.4 is 10.2 Å². The maximum Gasteiger partial charge on any atom is 0.488 e. The molecular weight excluding hydrogens is 229 g/mol. The highest BCUT2D eigenvalue weighted by Gasteiger charge is 2.14. The largest absolute Gasteiger partial charge is 0.488 e. The van der Waals surface area contributed by atoms with Crippen molar-refractivity contribution in [2.75, 3.05) is 12.8 Å². The van der Waals surface area contributed by atoms with E-state index in [-0.39, 0.29) is 6.54 Å². The van der Waals surface area contributed by atoms with Crippen LogP contribution >= 0.6 is 0 Å². The summed E-state index contributed by atoms with van der Waals surface area (Å²) < 4.78 is 24.0. The highest BCUT2D eigenvalue weighted by atomic mass is 32.2. The fourth-order valence-electron chi connectivity index (χ4n) is 1.38. The number of benzene rings is 1. The lowest BCUT2D eigenvalue weighted by Crippen LogP contribution is -2.34. The molecule has 88 valence electrons. The first-order valence-corrected chi connectivity index (χ1v) is 6.68. The van der Waals surface area contributed by atoms with Crippen molar-refractivity contribution in [2.24, 2.45) is 0 Å². The first-order valence-electron chi connectivity index (χ1n) is 4.79. The van der Waals surface area contributed by atoms with Gasteiger partial charge in [0.2, 0.25) is 10.0 Å². The molecule has 0 fully saturated rings. The maximum absolute atomic E-state index is 10.8. The average Bonchev–Trinajstić information content (AvgIpc) is 2.16. The molecule has 16 heavy (non-hydrogen) atoms. The van der Waals surface area contributed by atoms with Gasteiger partial charge in [-0.2, -0.15) is 0 Å². The van der Waals surface area contributed by atoms with Crippen LogP contribution in [0.2, 0.25) is 0 Å². The summed E-state index contributed by atoms with van der Waals surface area (Å²) in [6.07, 6.45) is 1.50. The quantitative estimate of drug-likeness (QED) is 0.547. The first kappa shape index (κ1) is 13.2. The Morgan fingerprint density at radius 1 is 1.31 bits per heavy atom. The molecule has 7 heteroatoms. The van der Waals surface area contributed by atoms with Crippen LogP contribution in [-0.4, -0.2) is 38.4 Å². The summed E-state index contributed by atoms with van der Waals surface area (Å²) in [5, 5.41) is 18.2. The third-order valence-electron chi connectivity index (χ3n) is 2.09. The van der Waals surface area contributed by atoms with E-state index in [4.69, 9.17) is 10.0 Å². The molecule has 0 aliphatic rings. The Morgan fingerprint density at radius 3 is 2.50 bits per heavy atom. The molecule has 1 rings (SSSR count). The van der Waals surface area contributed by atoms with E-state index < -0.39 is 17.1 Å². The van der Waals surface area contributed by atoms with Crippen LogP contribution in [0.3, 0.4) is 0 Å². The van der Waals surface area contributed by atoms with Gasteiger partial charge in [-0.25, -0.2) is 13.1 Å². The van der Waals surface area contributed by atoms with Crippen LogP contribution in [0, 0.1) is 0 Å². The molecule has 0 radical (unpaired) electrons. The molecule has 3 N–H and O–H groups in total. The van der Waals surface area contributed by atoms with E-state index in [1.54, 1.807) is 24.3 Å². The van der Waals surface area contributed by atoms with Crippen molar-refractivity contribution < 1.29 is 18.5 Å². The van der Waals surface area contributed by atoms with Crippen molar-refractivity contribution in [1.29, 1.82) is 0 Å². The molecule has 5 nitrogen and oxygen atoms in total. The van der Waals surface area contributed by atoms with Crippen molar-refractivity contribution in [3.8, 4) is 0 Å². The molecule has 0 bridgehead atoms. The molecule has 0 atom stereocenters. The molecule has 0 spiro atoms. The Morgan fingerprint density at radius 2 is 1.94 bits per heavy atom. The molecule has 0 aliphatic carbocycles. The van der Waals surface area contributed by atoms with Gasteiger partial charge in [0.1, 0.15) is 0 Å². The fraction of sp³-hybridized carbons (Fsp3) is 0.333. The average molecular weight is 243 g/mol. The fourth-order valence-corrected chi connectivity index (χ4v) is 1.86. The van der Waals surface area contributed by atoms with Crippen molar-refractivity contribution in [3.05, 3.63) is 29.8 Å². The molecule has 0 heterocycles. The zero-order chi connectivity index (χ0) is 12.2. The summed E-state index contributed by atoms with van der Waals surface area (Å²) in [4.78, 5) is 0. The van der Waals surface area contributed by atoms with Crippen molar-refractivity contribution in [2.45, 2.75) is 6.42 Å². The molecule has 1 aromatic carbocycles. The lowest BCUT2D eigenvalue weighted by molar-refractivity contribution is 0.425. The van der Waals surface area contributed by atoms with Gasteiger partial charge in [-0.05, 0) is 17.4 Å². The summed E-state index contributed by atoms with van der Waals surface area (Å²) in [7, 11) is -4.74. The van der Waals surface area contributed by atoms with Gasteiger partial charge in [0.25, 0.3) is 0 Å². The number of nitrogens with one attached hydrogen (secondary N) is 1. The van der Waals surface area contributed by atoms with Gasteiger partial charge in [-0.15, -0.1) is 0 Å². The summed E-state index contributed by atoms with van der Waals surface area (Å²) >= 11 is 0. The van der Waals surface area contributed by atoms with Crippen LogP contribution in [0.25, 0.3) is 0 Å². The Labute approximate surface area is 95.3 Å². The van der Waals surface area contributed by atoms with E-state index in [0.717, 1.165) is 6.26 Å². The van der Waals surface area contributed by atoms with E-state index in [1.165, 1.54) is 0 Å². The Kier molecular flexibility index (Phi) is 4.49. The summed E-state index contributed by atoms with van der Waals surface area (Å²) in [6, 6.07) is 6.79. The second kappa shape index (κ2) is 5.45. The van der Waals surface area contributed by atoms with Crippen molar-refractivity contribution in [3.63, 3.8) is 0 Å². The van der Waals surface area contributed by atoms with E-state index in [2.05, 4.69) is 4.72 Å². The smallest absolute Gasteiger partial charge is 0.423 e. The Bertz CT molecular complexity index is 447. The van der Waals surface area contributed by atoms with Gasteiger partial charge in [0.15, 0.2) is 0 Å². The molecule has 0 aromatic heterocycles. The summed E-state index contributed by atoms with van der Waals surface area (Å²) in [5.41, 5.74) is 1.12. The highest BCUT2D eigenvalue weighted by molar-refractivity contribution is 7.88. The van der Waals surface area contributed by atoms with Crippen LogP contribution in [-0.2, 0) is 16.4 Å². The van der Waals surface area contributed by atoms with Gasteiger partial charge in [-0.3, -0.25) is 0 Å². The zero-order valence-corrected chi connectivity index (χ0v) is 9.74. The SMILES string of the molecule is CS(=O)(=O)NCCc1ccccc1B(O)O. The molecule has 0 unspecified atom stereocenters. The standard InChI is InChI=1S/C9H14BNO4S/c1-16(14,15)11-7-6-8-4-2-3-5-9(8)10(12)13/h2-5,11-13H,6-7H2,1H3. The molecule has 0 saturated carbocycles. The number of sulfonamides is 1. The van der Waals surface area contributed by atoms with E-state index in [1.807, 2.05) is 0 Å². The third-order valence-corrected chi connectivity index (χ3v) is 2.82. The summed E-state index contributed by atoms with van der Waals surface area (Å²) in [6.45, 7) is 0.239. The maximum atomic E-state index is 10.8. The molecule has 0 amide bonds. The predicted molar refractivity (Wildman–Crippen MR) is 62.8 cm³/mol. The second-order valence-corrected chi connectivity index (χ2v) is 5.32. The second-order valence-electron chi connectivity index (χ2n) is 3.49. The molecule has 0 aliphatic heterocycles. The molecular formula is C9H14BNO4S. The zero-order valence-electron chi connectivity index (χ0n) is 8.92. The topological polar surface area (TPSA) is 86.6 Å².